The van der Waals surface area contributed by atoms with E-state index in [9.17, 15) is 18.0 Å². The Labute approximate surface area is 133 Å². The fourth-order valence-corrected chi connectivity index (χ4v) is 3.95. The van der Waals surface area contributed by atoms with Crippen molar-refractivity contribution in [3.8, 4) is 0 Å². The lowest BCUT2D eigenvalue weighted by molar-refractivity contribution is -0.140. The van der Waals surface area contributed by atoms with Gasteiger partial charge in [0, 0.05) is 6.42 Å². The van der Waals surface area contributed by atoms with Gasteiger partial charge in [-0.2, -0.15) is 0 Å². The van der Waals surface area contributed by atoms with Crippen LogP contribution in [-0.4, -0.2) is 37.8 Å². The number of aliphatic carboxylic acids is 1. The minimum absolute atomic E-state index is 0.0306. The Hall–Kier alpha value is -2.41. The maximum absolute atomic E-state index is 12.7. The average Bonchev–Trinajstić information content (AvgIpc) is 2.53. The molecule has 1 N–H and O–H groups in total. The average molecular weight is 336 g/mol. The highest BCUT2D eigenvalue weighted by Gasteiger charge is 2.35. The largest absolute Gasteiger partial charge is 0.481 e. The summed E-state index contributed by atoms with van der Waals surface area (Å²) in [4.78, 5) is 22.5. The van der Waals surface area contributed by atoms with E-state index in [0.29, 0.717) is 0 Å². The van der Waals surface area contributed by atoms with E-state index >= 15 is 0 Å². The number of benzene rings is 2. The normalized spacial score (nSPS) is 12.7. The number of carbonyl (C=O) groups is 2. The standard InChI is InChI=1S/C16H16O6S/c1-22-16(19)14(8-9-15(17)18)23(20,21)13-7-6-11-4-2-3-5-12(11)10-13/h2-7,10,14H,8-9H2,1H3,(H,17,18). The molecule has 0 fully saturated rings. The number of hydrogen-bond acceptors (Lipinski definition) is 5. The van der Waals surface area contributed by atoms with Crippen LogP contribution in [0.4, 0.5) is 0 Å². The molecule has 2 rings (SSSR count). The van der Waals surface area contributed by atoms with E-state index in [4.69, 9.17) is 5.11 Å². The molecule has 0 aliphatic carbocycles. The summed E-state index contributed by atoms with van der Waals surface area (Å²) in [5.74, 6) is -2.13. The molecule has 0 bridgehead atoms. The Balaban J connectivity index is 2.45. The lowest BCUT2D eigenvalue weighted by Gasteiger charge is -2.15. The van der Waals surface area contributed by atoms with Crippen LogP contribution in [0.5, 0.6) is 0 Å². The molecule has 122 valence electrons. The zero-order chi connectivity index (χ0) is 17.0. The Morgan fingerprint density at radius 3 is 2.39 bits per heavy atom. The van der Waals surface area contributed by atoms with Crippen LogP contribution in [-0.2, 0) is 24.2 Å². The molecular weight excluding hydrogens is 320 g/mol. The van der Waals surface area contributed by atoms with Crippen molar-refractivity contribution in [1.82, 2.24) is 0 Å². The van der Waals surface area contributed by atoms with Crippen LogP contribution in [0.2, 0.25) is 0 Å². The fourth-order valence-electron chi connectivity index (χ4n) is 2.29. The molecule has 2 aromatic rings. The number of ether oxygens (including phenoxy) is 1. The van der Waals surface area contributed by atoms with Gasteiger partial charge in [0.15, 0.2) is 15.1 Å². The summed E-state index contributed by atoms with van der Waals surface area (Å²) in [6.45, 7) is 0. The molecule has 23 heavy (non-hydrogen) atoms. The number of esters is 1. The molecule has 2 aromatic carbocycles. The van der Waals surface area contributed by atoms with Gasteiger partial charge >= 0.3 is 11.9 Å². The highest BCUT2D eigenvalue weighted by atomic mass is 32.2. The predicted molar refractivity (Wildman–Crippen MR) is 83.8 cm³/mol. The number of rotatable bonds is 6. The van der Waals surface area contributed by atoms with Gasteiger partial charge in [-0.15, -0.1) is 0 Å². The first-order valence-corrected chi connectivity index (χ1v) is 8.43. The third-order valence-corrected chi connectivity index (χ3v) is 5.60. The van der Waals surface area contributed by atoms with E-state index in [0.717, 1.165) is 17.9 Å². The highest BCUT2D eigenvalue weighted by Crippen LogP contribution is 2.24. The summed E-state index contributed by atoms with van der Waals surface area (Å²) in [7, 11) is -2.96. The van der Waals surface area contributed by atoms with E-state index in [2.05, 4.69) is 4.74 Å². The van der Waals surface area contributed by atoms with E-state index in [1.807, 2.05) is 12.1 Å². The van der Waals surface area contributed by atoms with Crippen LogP contribution in [0.15, 0.2) is 47.4 Å². The summed E-state index contributed by atoms with van der Waals surface area (Å²) >= 11 is 0. The van der Waals surface area contributed by atoms with Gasteiger partial charge < -0.3 is 9.84 Å². The van der Waals surface area contributed by atoms with Crippen molar-refractivity contribution in [2.24, 2.45) is 0 Å². The monoisotopic (exact) mass is 336 g/mol. The molecule has 0 aliphatic rings. The van der Waals surface area contributed by atoms with Gasteiger partial charge in [0.05, 0.1) is 12.0 Å². The maximum Gasteiger partial charge on any atom is 0.324 e. The minimum Gasteiger partial charge on any atom is -0.481 e. The van der Waals surface area contributed by atoms with Crippen LogP contribution >= 0.6 is 0 Å². The number of carboxylic acids is 1. The second-order valence-corrected chi connectivity index (χ2v) is 7.13. The van der Waals surface area contributed by atoms with Crippen molar-refractivity contribution in [2.45, 2.75) is 23.0 Å². The van der Waals surface area contributed by atoms with Crippen LogP contribution in [0.1, 0.15) is 12.8 Å². The van der Waals surface area contributed by atoms with E-state index < -0.39 is 33.4 Å². The smallest absolute Gasteiger partial charge is 0.324 e. The molecule has 0 aromatic heterocycles. The number of sulfone groups is 1. The number of hydrogen-bond donors (Lipinski definition) is 1. The van der Waals surface area contributed by atoms with E-state index in [1.54, 1.807) is 18.2 Å². The second kappa shape index (κ2) is 6.78. The molecule has 7 heteroatoms. The number of fused-ring (bicyclic) bond motifs is 1. The van der Waals surface area contributed by atoms with Gasteiger partial charge in [0.25, 0.3) is 0 Å². The number of carbonyl (C=O) groups excluding carboxylic acids is 1. The van der Waals surface area contributed by atoms with Gasteiger partial charge in [-0.3, -0.25) is 9.59 Å². The molecule has 0 amide bonds. The van der Waals surface area contributed by atoms with E-state index in [-0.39, 0.29) is 11.3 Å². The summed E-state index contributed by atoms with van der Waals surface area (Å²) in [6, 6.07) is 11.7. The van der Waals surface area contributed by atoms with Crippen molar-refractivity contribution in [3.05, 3.63) is 42.5 Å². The zero-order valence-electron chi connectivity index (χ0n) is 12.4. The summed E-state index contributed by atoms with van der Waals surface area (Å²) in [5, 5.41) is 8.80. The second-order valence-electron chi connectivity index (χ2n) is 5.00. The third kappa shape index (κ3) is 3.68. The lowest BCUT2D eigenvalue weighted by atomic mass is 10.1. The van der Waals surface area contributed by atoms with Crippen molar-refractivity contribution >= 4 is 32.5 Å². The Morgan fingerprint density at radius 1 is 1.13 bits per heavy atom. The third-order valence-electron chi connectivity index (χ3n) is 3.51. The van der Waals surface area contributed by atoms with Crippen molar-refractivity contribution in [2.75, 3.05) is 7.11 Å². The molecule has 1 unspecified atom stereocenters. The SMILES string of the molecule is COC(=O)C(CCC(=O)O)S(=O)(=O)c1ccc2ccccc2c1. The summed E-state index contributed by atoms with van der Waals surface area (Å²) in [6.07, 6.45) is -0.774. The molecule has 6 nitrogen and oxygen atoms in total. The van der Waals surface area contributed by atoms with Crippen LogP contribution in [0.25, 0.3) is 10.8 Å². The Kier molecular flexibility index (Phi) is 5.00. The topological polar surface area (TPSA) is 97.7 Å². The van der Waals surface area contributed by atoms with Gasteiger partial charge in [0.2, 0.25) is 0 Å². The first kappa shape index (κ1) is 17.0. The molecule has 0 radical (unpaired) electrons. The first-order chi connectivity index (χ1) is 10.9. The minimum atomic E-state index is -4.04. The molecule has 0 spiro atoms. The first-order valence-electron chi connectivity index (χ1n) is 6.88. The van der Waals surface area contributed by atoms with Crippen molar-refractivity contribution in [3.63, 3.8) is 0 Å². The number of carboxylic acid groups (broad SMARTS) is 1. The van der Waals surface area contributed by atoms with Gasteiger partial charge in [-0.25, -0.2) is 8.42 Å². The van der Waals surface area contributed by atoms with Gasteiger partial charge in [-0.05, 0) is 29.3 Å². The molecule has 0 heterocycles. The van der Waals surface area contributed by atoms with Crippen molar-refractivity contribution in [1.29, 1.82) is 0 Å². The molecule has 1 atom stereocenters. The Bertz CT molecular complexity index is 841. The summed E-state index contributed by atoms with van der Waals surface area (Å²) < 4.78 is 29.9. The fraction of sp³-hybridized carbons (Fsp3) is 0.250. The quantitative estimate of drug-likeness (QED) is 0.811. The molecular formula is C16H16O6S. The molecule has 0 saturated heterocycles. The molecule has 0 aliphatic heterocycles. The highest BCUT2D eigenvalue weighted by molar-refractivity contribution is 7.92. The van der Waals surface area contributed by atoms with Crippen molar-refractivity contribution < 1.29 is 27.9 Å². The lowest BCUT2D eigenvalue weighted by Crippen LogP contribution is -2.32. The van der Waals surface area contributed by atoms with E-state index in [1.165, 1.54) is 12.1 Å². The van der Waals surface area contributed by atoms with Gasteiger partial charge in [-0.1, -0.05) is 30.3 Å². The van der Waals surface area contributed by atoms with Gasteiger partial charge in [0.1, 0.15) is 0 Å². The maximum atomic E-state index is 12.7. The zero-order valence-corrected chi connectivity index (χ0v) is 13.2. The van der Waals surface area contributed by atoms with Crippen LogP contribution in [0, 0.1) is 0 Å². The number of methoxy groups -OCH3 is 1. The molecule has 0 saturated carbocycles. The van der Waals surface area contributed by atoms with Crippen LogP contribution < -0.4 is 0 Å². The summed E-state index contributed by atoms with van der Waals surface area (Å²) in [5.41, 5.74) is 0. The Morgan fingerprint density at radius 2 is 1.78 bits per heavy atom. The predicted octanol–water partition coefficient (Wildman–Crippen LogP) is 2.02. The van der Waals surface area contributed by atoms with Crippen LogP contribution in [0.3, 0.4) is 0 Å².